The molecule has 3 aromatic heterocycles. The van der Waals surface area contributed by atoms with Crippen LogP contribution in [-0.4, -0.2) is 53.8 Å². The molecule has 0 spiro atoms. The number of ether oxygens (including phenoxy) is 1. The van der Waals surface area contributed by atoms with Gasteiger partial charge in [0.1, 0.15) is 16.5 Å². The van der Waals surface area contributed by atoms with Crippen molar-refractivity contribution in [3.63, 3.8) is 0 Å². The van der Waals surface area contributed by atoms with Crippen LogP contribution >= 0.6 is 22.7 Å². The number of anilines is 1. The second-order valence-corrected chi connectivity index (χ2v) is 10.1. The highest BCUT2D eigenvalue weighted by molar-refractivity contribution is 7.18. The number of thiophene rings is 2. The van der Waals surface area contributed by atoms with Crippen molar-refractivity contribution in [2.45, 2.75) is 39.3 Å². The van der Waals surface area contributed by atoms with Gasteiger partial charge in [-0.2, -0.15) is 0 Å². The van der Waals surface area contributed by atoms with Gasteiger partial charge in [-0.1, -0.05) is 19.9 Å². The summed E-state index contributed by atoms with van der Waals surface area (Å²) >= 11 is 3.55. The van der Waals surface area contributed by atoms with Crippen LogP contribution in [-0.2, 0) is 11.3 Å². The van der Waals surface area contributed by atoms with Crippen molar-refractivity contribution in [2.75, 3.05) is 37.7 Å². The van der Waals surface area contributed by atoms with E-state index in [1.807, 2.05) is 0 Å². The van der Waals surface area contributed by atoms with Gasteiger partial charge in [-0.25, -0.2) is 9.97 Å². The number of nitrogens with zero attached hydrogens (tertiary/aromatic N) is 4. The van der Waals surface area contributed by atoms with E-state index in [9.17, 15) is 0 Å². The molecule has 5 rings (SSSR count). The smallest absolute Gasteiger partial charge is 0.146 e. The van der Waals surface area contributed by atoms with E-state index in [-0.39, 0.29) is 0 Å². The molecule has 2 aliphatic rings. The first-order valence-corrected chi connectivity index (χ1v) is 12.4. The second-order valence-electron chi connectivity index (χ2n) is 8.31. The quantitative estimate of drug-likeness (QED) is 0.579. The fraction of sp³-hybridized carbons (Fsp3) is 0.545. The molecule has 0 radical (unpaired) electrons. The van der Waals surface area contributed by atoms with Crippen LogP contribution in [0.15, 0.2) is 22.9 Å². The Bertz CT molecular complexity index is 963. The van der Waals surface area contributed by atoms with Crippen molar-refractivity contribution in [1.29, 1.82) is 0 Å². The zero-order valence-corrected chi connectivity index (χ0v) is 18.8. The molecular formula is C22H28N4OS2. The average Bonchev–Trinajstić information content (AvgIpc) is 3.47. The van der Waals surface area contributed by atoms with Crippen molar-refractivity contribution < 1.29 is 4.74 Å². The Labute approximate surface area is 180 Å². The fourth-order valence-corrected chi connectivity index (χ4v) is 6.34. The molecule has 0 N–H and O–H groups in total. The van der Waals surface area contributed by atoms with Gasteiger partial charge in [-0.05, 0) is 30.2 Å². The minimum absolute atomic E-state index is 0.556. The molecule has 2 fully saturated rings. The molecule has 0 aliphatic carbocycles. The molecule has 0 unspecified atom stereocenters. The Morgan fingerprint density at radius 2 is 2.03 bits per heavy atom. The predicted molar refractivity (Wildman–Crippen MR) is 122 cm³/mol. The summed E-state index contributed by atoms with van der Waals surface area (Å²) in [5, 5.41) is 5.67. The number of aromatic nitrogens is 2. The van der Waals surface area contributed by atoms with Gasteiger partial charge in [0, 0.05) is 41.5 Å². The number of morpholine rings is 1. The first-order chi connectivity index (χ1) is 14.2. The minimum atomic E-state index is 0.556. The molecule has 2 saturated heterocycles. The van der Waals surface area contributed by atoms with E-state index in [1.54, 1.807) is 22.7 Å². The fourth-order valence-electron chi connectivity index (χ4n) is 4.57. The molecule has 5 heterocycles. The highest BCUT2D eigenvalue weighted by atomic mass is 32.1. The number of hydrogen-bond donors (Lipinski definition) is 0. The van der Waals surface area contributed by atoms with E-state index >= 15 is 0 Å². The van der Waals surface area contributed by atoms with Crippen LogP contribution in [0.1, 0.15) is 32.5 Å². The summed E-state index contributed by atoms with van der Waals surface area (Å²) in [5.41, 5.74) is 1.29. The molecule has 3 aromatic rings. The highest BCUT2D eigenvalue weighted by Crippen LogP contribution is 2.42. The SMILES string of the molecule is CC(C)[C@H]1CCCN1c1nc(CN2CCOCC2)nc2scc(-c3cccs3)c12. The van der Waals surface area contributed by atoms with Crippen molar-refractivity contribution in [2.24, 2.45) is 5.92 Å². The molecule has 29 heavy (non-hydrogen) atoms. The number of hydrogen-bond acceptors (Lipinski definition) is 7. The van der Waals surface area contributed by atoms with Crippen LogP contribution < -0.4 is 4.90 Å². The van der Waals surface area contributed by atoms with Gasteiger partial charge in [0.2, 0.25) is 0 Å². The average molecular weight is 429 g/mol. The molecule has 0 bridgehead atoms. The molecule has 0 amide bonds. The molecular weight excluding hydrogens is 400 g/mol. The zero-order chi connectivity index (χ0) is 19.8. The Kier molecular flexibility index (Phi) is 5.56. The van der Waals surface area contributed by atoms with Crippen molar-refractivity contribution >= 4 is 38.7 Å². The van der Waals surface area contributed by atoms with E-state index in [1.165, 1.54) is 28.7 Å². The van der Waals surface area contributed by atoms with Gasteiger partial charge in [-0.15, -0.1) is 22.7 Å². The van der Waals surface area contributed by atoms with Crippen LogP contribution in [0.4, 0.5) is 5.82 Å². The van der Waals surface area contributed by atoms with E-state index < -0.39 is 0 Å². The molecule has 0 saturated carbocycles. The Hall–Kier alpha value is -1.54. The third-order valence-electron chi connectivity index (χ3n) is 6.06. The molecule has 1 atom stereocenters. The van der Waals surface area contributed by atoms with Gasteiger partial charge in [-0.3, -0.25) is 4.90 Å². The van der Waals surface area contributed by atoms with Crippen LogP contribution in [0, 0.1) is 5.92 Å². The van der Waals surface area contributed by atoms with Gasteiger partial charge in [0.25, 0.3) is 0 Å². The zero-order valence-electron chi connectivity index (χ0n) is 17.1. The van der Waals surface area contributed by atoms with Crippen LogP contribution in [0.3, 0.4) is 0 Å². The molecule has 0 aromatic carbocycles. The van der Waals surface area contributed by atoms with Crippen LogP contribution in [0.5, 0.6) is 0 Å². The Morgan fingerprint density at radius 1 is 1.17 bits per heavy atom. The molecule has 154 valence electrons. The summed E-state index contributed by atoms with van der Waals surface area (Å²) in [4.78, 5) is 17.6. The standard InChI is InChI=1S/C22H28N4OS2/c1-15(2)17-5-3-7-26(17)21-20-16(18-6-4-12-28-18)14-29-22(20)24-19(23-21)13-25-8-10-27-11-9-25/h4,6,12,14-15,17H,3,5,7-11,13H2,1-2H3/t17-/m1/s1. The first-order valence-electron chi connectivity index (χ1n) is 10.6. The van der Waals surface area contributed by atoms with Gasteiger partial charge in [0.05, 0.1) is 25.1 Å². The lowest BCUT2D eigenvalue weighted by Gasteiger charge is -2.30. The van der Waals surface area contributed by atoms with Crippen molar-refractivity contribution in [3.8, 4) is 10.4 Å². The monoisotopic (exact) mass is 428 g/mol. The van der Waals surface area contributed by atoms with Crippen molar-refractivity contribution in [3.05, 3.63) is 28.7 Å². The molecule has 7 heteroatoms. The maximum absolute atomic E-state index is 5.51. The lowest BCUT2D eigenvalue weighted by atomic mass is 10.0. The van der Waals surface area contributed by atoms with E-state index in [0.29, 0.717) is 12.0 Å². The maximum atomic E-state index is 5.51. The first kappa shape index (κ1) is 19.4. The highest BCUT2D eigenvalue weighted by Gasteiger charge is 2.31. The summed E-state index contributed by atoms with van der Waals surface area (Å²) in [6, 6.07) is 4.89. The van der Waals surface area contributed by atoms with E-state index in [0.717, 1.165) is 55.9 Å². The molecule has 5 nitrogen and oxygen atoms in total. The predicted octanol–water partition coefficient (Wildman–Crippen LogP) is 4.88. The third-order valence-corrected chi connectivity index (χ3v) is 7.83. The van der Waals surface area contributed by atoms with Crippen molar-refractivity contribution in [1.82, 2.24) is 14.9 Å². The summed E-state index contributed by atoms with van der Waals surface area (Å²) < 4.78 is 5.51. The topological polar surface area (TPSA) is 41.5 Å². The minimum Gasteiger partial charge on any atom is -0.379 e. The van der Waals surface area contributed by atoms with Gasteiger partial charge in [0.15, 0.2) is 0 Å². The summed E-state index contributed by atoms with van der Waals surface area (Å²) in [5.74, 6) is 2.72. The summed E-state index contributed by atoms with van der Waals surface area (Å²) in [6.07, 6.45) is 2.49. The molecule has 2 aliphatic heterocycles. The van der Waals surface area contributed by atoms with E-state index in [4.69, 9.17) is 14.7 Å². The largest absolute Gasteiger partial charge is 0.379 e. The van der Waals surface area contributed by atoms with Crippen LogP contribution in [0.2, 0.25) is 0 Å². The lowest BCUT2D eigenvalue weighted by molar-refractivity contribution is 0.0331. The lowest BCUT2D eigenvalue weighted by Crippen LogP contribution is -2.37. The summed E-state index contributed by atoms with van der Waals surface area (Å²) in [6.45, 7) is 10.1. The van der Waals surface area contributed by atoms with Crippen LogP contribution in [0.25, 0.3) is 20.7 Å². The normalized spacial score (nSPS) is 20.9. The number of rotatable bonds is 5. The van der Waals surface area contributed by atoms with Gasteiger partial charge < -0.3 is 9.64 Å². The maximum Gasteiger partial charge on any atom is 0.146 e. The summed E-state index contributed by atoms with van der Waals surface area (Å²) in [7, 11) is 0. The third kappa shape index (κ3) is 3.81. The van der Waals surface area contributed by atoms with Gasteiger partial charge >= 0.3 is 0 Å². The number of fused-ring (bicyclic) bond motifs is 1. The second kappa shape index (κ2) is 8.30. The Morgan fingerprint density at radius 3 is 2.79 bits per heavy atom. The Balaban J connectivity index is 1.60. The van der Waals surface area contributed by atoms with E-state index in [2.05, 4.69) is 46.5 Å².